The molecule has 0 fully saturated rings. The van der Waals surface area contributed by atoms with E-state index in [0.29, 0.717) is 39.4 Å². The fourth-order valence-corrected chi connectivity index (χ4v) is 4.76. The van der Waals surface area contributed by atoms with E-state index in [0.717, 1.165) is 6.07 Å². The summed E-state index contributed by atoms with van der Waals surface area (Å²) in [5.41, 5.74) is -3.79. The van der Waals surface area contributed by atoms with Crippen molar-refractivity contribution >= 4 is 38.7 Å². The number of hydrogen-bond donors (Lipinski definition) is 1. The number of imidazole rings is 1. The molecule has 0 aliphatic carbocycles. The Kier molecular flexibility index (Phi) is 3.91. The van der Waals surface area contributed by atoms with Gasteiger partial charge in [0.15, 0.2) is 0 Å². The number of aromatic nitrogens is 2. The molecule has 2 bridgehead atoms. The van der Waals surface area contributed by atoms with E-state index in [4.69, 9.17) is 11.6 Å². The van der Waals surface area contributed by atoms with Gasteiger partial charge in [-0.05, 0) is 30.7 Å². The number of halogens is 4. The number of benzene rings is 2. The molecule has 2 atom stereocenters. The third-order valence-corrected chi connectivity index (χ3v) is 6.50. The van der Waals surface area contributed by atoms with Crippen LogP contribution in [0.1, 0.15) is 40.3 Å². The number of alkyl halides is 3. The summed E-state index contributed by atoms with van der Waals surface area (Å²) in [4.78, 5) is 17.1. The maximum absolute atomic E-state index is 12.7. The highest BCUT2D eigenvalue weighted by Gasteiger charge is 2.48. The molecule has 2 aliphatic rings. The Bertz CT molecular complexity index is 1340. The molecule has 7 nitrogen and oxygen atoms in total. The fourth-order valence-electron chi connectivity index (χ4n) is 4.00. The summed E-state index contributed by atoms with van der Waals surface area (Å²) in [6.45, 7) is 0. The van der Waals surface area contributed by atoms with E-state index in [9.17, 15) is 26.4 Å². The average Bonchev–Trinajstić information content (AvgIpc) is 3.13. The van der Waals surface area contributed by atoms with Crippen LogP contribution in [-0.4, -0.2) is 29.4 Å². The Morgan fingerprint density at radius 3 is 2.73 bits per heavy atom. The molecule has 0 saturated heterocycles. The Labute approximate surface area is 172 Å². The van der Waals surface area contributed by atoms with Crippen LogP contribution in [0, 0.1) is 0 Å². The third-order valence-electron chi connectivity index (χ3n) is 5.20. The lowest BCUT2D eigenvalue weighted by molar-refractivity contribution is -0.0500. The van der Waals surface area contributed by atoms with Gasteiger partial charge in [0.05, 0.1) is 23.1 Å². The smallest absolute Gasteiger partial charge is 0.376 e. The van der Waals surface area contributed by atoms with Crippen molar-refractivity contribution in [1.29, 1.82) is 0 Å². The first-order valence-electron chi connectivity index (χ1n) is 8.69. The monoisotopic (exact) mass is 457 g/mol. The molecule has 0 spiro atoms. The summed E-state index contributed by atoms with van der Waals surface area (Å²) in [5, 5.41) is 3.26. The Morgan fingerprint density at radius 1 is 1.23 bits per heavy atom. The maximum atomic E-state index is 12.7. The summed E-state index contributed by atoms with van der Waals surface area (Å²) in [5.74, 6) is -0.284. The minimum atomic E-state index is -5.81. The SMILES string of the molecule is O=C1NC2CC(c3c(Cl)cccc31)n1c2nc2ccc(OS(=O)(=O)C(F)(F)F)cc21. The summed E-state index contributed by atoms with van der Waals surface area (Å²) >= 11 is 6.38. The lowest BCUT2D eigenvalue weighted by atomic mass is 9.99. The zero-order chi connectivity index (χ0) is 21.4. The minimum absolute atomic E-state index is 0.293. The van der Waals surface area contributed by atoms with Crippen molar-refractivity contribution in [3.8, 4) is 5.75 Å². The molecule has 3 heterocycles. The van der Waals surface area contributed by atoms with E-state index < -0.39 is 33.5 Å². The largest absolute Gasteiger partial charge is 0.534 e. The first-order chi connectivity index (χ1) is 14.1. The lowest BCUT2D eigenvalue weighted by Gasteiger charge is -2.19. The summed E-state index contributed by atoms with van der Waals surface area (Å²) in [7, 11) is -5.81. The summed E-state index contributed by atoms with van der Waals surface area (Å²) in [6.07, 6.45) is 0.451. The standard InChI is InChI=1S/C18H11ClF3N3O4S/c19-10-3-1-2-9-15(10)14-7-12(24-17(9)26)16-23-11-5-4-8(6-13(11)25(14)16)29-30(27,28)18(20,21)22/h1-6,12,14H,7H2,(H,24,26). The van der Waals surface area contributed by atoms with Crippen LogP contribution < -0.4 is 9.50 Å². The highest BCUT2D eigenvalue weighted by atomic mass is 35.5. The molecule has 1 amide bonds. The molecule has 156 valence electrons. The second-order valence-electron chi connectivity index (χ2n) is 6.95. The molecule has 5 rings (SSSR count). The number of rotatable bonds is 2. The van der Waals surface area contributed by atoms with Gasteiger partial charge in [0.25, 0.3) is 5.91 Å². The Hall–Kier alpha value is -2.79. The van der Waals surface area contributed by atoms with Gasteiger partial charge in [-0.25, -0.2) is 4.98 Å². The number of carbonyl (C=O) groups is 1. The van der Waals surface area contributed by atoms with Crippen molar-refractivity contribution in [2.45, 2.75) is 24.0 Å². The van der Waals surface area contributed by atoms with E-state index in [1.54, 1.807) is 22.8 Å². The van der Waals surface area contributed by atoms with Crippen molar-refractivity contribution in [1.82, 2.24) is 14.9 Å². The number of carbonyl (C=O) groups excluding carboxylic acids is 1. The van der Waals surface area contributed by atoms with Gasteiger partial charge in [0.2, 0.25) is 0 Å². The molecule has 2 unspecified atom stereocenters. The second kappa shape index (κ2) is 6.11. The number of nitrogens with one attached hydrogen (secondary N) is 1. The molecule has 0 radical (unpaired) electrons. The lowest BCUT2D eigenvalue weighted by Crippen LogP contribution is -2.28. The molecule has 1 N–H and O–H groups in total. The fraction of sp³-hybridized carbons (Fsp3) is 0.222. The summed E-state index contributed by atoms with van der Waals surface area (Å²) in [6, 6.07) is 7.75. The van der Waals surface area contributed by atoms with Crippen molar-refractivity contribution in [2.75, 3.05) is 0 Å². The minimum Gasteiger partial charge on any atom is -0.376 e. The number of nitrogens with zero attached hydrogens (tertiary/aromatic N) is 2. The van der Waals surface area contributed by atoms with Gasteiger partial charge in [-0.1, -0.05) is 17.7 Å². The molecule has 2 aromatic carbocycles. The van der Waals surface area contributed by atoms with Crippen molar-refractivity contribution in [2.24, 2.45) is 0 Å². The van der Waals surface area contributed by atoms with E-state index in [1.165, 1.54) is 12.1 Å². The van der Waals surface area contributed by atoms with Crippen LogP contribution in [0.4, 0.5) is 13.2 Å². The van der Waals surface area contributed by atoms with Crippen LogP contribution in [0.5, 0.6) is 5.75 Å². The zero-order valence-corrected chi connectivity index (χ0v) is 16.3. The van der Waals surface area contributed by atoms with Gasteiger partial charge in [0.1, 0.15) is 11.6 Å². The van der Waals surface area contributed by atoms with E-state index in [1.807, 2.05) is 0 Å². The number of hydrogen-bond acceptors (Lipinski definition) is 5. The van der Waals surface area contributed by atoms with Crippen LogP contribution in [0.15, 0.2) is 36.4 Å². The summed E-state index contributed by atoms with van der Waals surface area (Å²) < 4.78 is 66.8. The molecule has 0 saturated carbocycles. The molecular formula is C18H11ClF3N3O4S. The van der Waals surface area contributed by atoms with Crippen LogP contribution in [-0.2, 0) is 10.1 Å². The van der Waals surface area contributed by atoms with Gasteiger partial charge in [0, 0.05) is 22.2 Å². The van der Waals surface area contributed by atoms with E-state index in [-0.39, 0.29) is 5.91 Å². The van der Waals surface area contributed by atoms with Crippen LogP contribution in [0.2, 0.25) is 5.02 Å². The van der Waals surface area contributed by atoms with Crippen molar-refractivity contribution in [3.63, 3.8) is 0 Å². The quantitative estimate of drug-likeness (QED) is 0.468. The highest BCUT2D eigenvalue weighted by Crippen LogP contribution is 2.46. The predicted molar refractivity (Wildman–Crippen MR) is 99.8 cm³/mol. The van der Waals surface area contributed by atoms with Gasteiger partial charge in [-0.2, -0.15) is 21.6 Å². The molecule has 2 aliphatic heterocycles. The van der Waals surface area contributed by atoms with Gasteiger partial charge < -0.3 is 14.1 Å². The van der Waals surface area contributed by atoms with Crippen molar-refractivity contribution < 1.29 is 30.6 Å². The topological polar surface area (TPSA) is 90.3 Å². The van der Waals surface area contributed by atoms with Crippen LogP contribution in [0.25, 0.3) is 11.0 Å². The van der Waals surface area contributed by atoms with Crippen LogP contribution in [0.3, 0.4) is 0 Å². The Morgan fingerprint density at radius 2 is 2.00 bits per heavy atom. The highest BCUT2D eigenvalue weighted by molar-refractivity contribution is 7.88. The number of fused-ring (bicyclic) bond motifs is 9. The zero-order valence-electron chi connectivity index (χ0n) is 14.8. The predicted octanol–water partition coefficient (Wildman–Crippen LogP) is 3.70. The third kappa shape index (κ3) is 2.68. The molecule has 1 aromatic heterocycles. The van der Waals surface area contributed by atoms with Gasteiger partial charge >= 0.3 is 15.6 Å². The molecule has 30 heavy (non-hydrogen) atoms. The van der Waals surface area contributed by atoms with Gasteiger partial charge in [-0.15, -0.1) is 0 Å². The number of amides is 1. The Balaban J connectivity index is 1.68. The van der Waals surface area contributed by atoms with E-state index in [2.05, 4.69) is 14.5 Å². The van der Waals surface area contributed by atoms with Gasteiger partial charge in [-0.3, -0.25) is 4.79 Å². The van der Waals surface area contributed by atoms with E-state index >= 15 is 0 Å². The van der Waals surface area contributed by atoms with Crippen molar-refractivity contribution in [3.05, 3.63) is 58.4 Å². The normalized spacial score (nSPS) is 20.5. The molecular weight excluding hydrogens is 447 g/mol. The first-order valence-corrected chi connectivity index (χ1v) is 10.5. The average molecular weight is 458 g/mol. The first kappa shape index (κ1) is 19.2. The maximum Gasteiger partial charge on any atom is 0.534 e. The second-order valence-corrected chi connectivity index (χ2v) is 8.90. The van der Waals surface area contributed by atoms with Crippen LogP contribution >= 0.6 is 11.6 Å². The molecule has 12 heteroatoms. The molecule has 3 aromatic rings.